The molecule has 0 aliphatic heterocycles. The predicted molar refractivity (Wildman–Crippen MR) is 59.4 cm³/mol. The summed E-state index contributed by atoms with van der Waals surface area (Å²) in [6.07, 6.45) is -0.483. The van der Waals surface area contributed by atoms with Crippen LogP contribution in [0.5, 0.6) is 0 Å². The summed E-state index contributed by atoms with van der Waals surface area (Å²) >= 11 is 0. The standard InChI is InChI=1S/C12H16FNO2/c1-8(14-12(15)9(2)16-3)10-4-6-11(13)7-5-10/h4-9H,1-3H3,(H,14,15)/t8-,9?/m1/s1. The molecule has 16 heavy (non-hydrogen) atoms. The summed E-state index contributed by atoms with van der Waals surface area (Å²) in [6.45, 7) is 3.51. The third kappa shape index (κ3) is 3.31. The van der Waals surface area contributed by atoms with Crippen LogP contribution in [0, 0.1) is 5.82 Å². The first kappa shape index (κ1) is 12.6. The molecule has 0 aliphatic rings. The first-order valence-electron chi connectivity index (χ1n) is 5.13. The minimum Gasteiger partial charge on any atom is -0.372 e. The lowest BCUT2D eigenvalue weighted by molar-refractivity contribution is -0.130. The van der Waals surface area contributed by atoms with Crippen LogP contribution in [0.3, 0.4) is 0 Å². The van der Waals surface area contributed by atoms with Gasteiger partial charge in [-0.15, -0.1) is 0 Å². The molecule has 1 rings (SSSR count). The molecule has 4 heteroatoms. The predicted octanol–water partition coefficient (Wildman–Crippen LogP) is 2.04. The second-order valence-electron chi connectivity index (χ2n) is 3.66. The first-order chi connectivity index (χ1) is 7.54. The van der Waals surface area contributed by atoms with E-state index in [1.54, 1.807) is 19.1 Å². The lowest BCUT2D eigenvalue weighted by Crippen LogP contribution is -2.35. The normalized spacial score (nSPS) is 14.2. The van der Waals surface area contributed by atoms with Crippen LogP contribution in [0.2, 0.25) is 0 Å². The van der Waals surface area contributed by atoms with E-state index in [1.807, 2.05) is 6.92 Å². The molecule has 0 spiro atoms. The number of carbonyl (C=O) groups excluding carboxylic acids is 1. The zero-order valence-electron chi connectivity index (χ0n) is 9.66. The van der Waals surface area contributed by atoms with Crippen molar-refractivity contribution in [2.45, 2.75) is 26.0 Å². The molecule has 0 saturated heterocycles. The van der Waals surface area contributed by atoms with Crippen molar-refractivity contribution in [2.24, 2.45) is 0 Å². The molecule has 88 valence electrons. The van der Waals surface area contributed by atoms with E-state index in [0.717, 1.165) is 5.56 Å². The van der Waals surface area contributed by atoms with Gasteiger partial charge in [0.25, 0.3) is 0 Å². The van der Waals surface area contributed by atoms with Crippen molar-refractivity contribution in [3.63, 3.8) is 0 Å². The van der Waals surface area contributed by atoms with Crippen molar-refractivity contribution in [3.05, 3.63) is 35.6 Å². The number of methoxy groups -OCH3 is 1. The largest absolute Gasteiger partial charge is 0.372 e. The first-order valence-corrected chi connectivity index (χ1v) is 5.13. The highest BCUT2D eigenvalue weighted by Crippen LogP contribution is 2.12. The van der Waals surface area contributed by atoms with E-state index >= 15 is 0 Å². The van der Waals surface area contributed by atoms with Gasteiger partial charge in [0.05, 0.1) is 6.04 Å². The fourth-order valence-corrected chi connectivity index (χ4v) is 1.27. The summed E-state index contributed by atoms with van der Waals surface area (Å²) in [5, 5.41) is 2.78. The molecule has 1 aromatic carbocycles. The molecule has 3 nitrogen and oxygen atoms in total. The number of hydrogen-bond acceptors (Lipinski definition) is 2. The lowest BCUT2D eigenvalue weighted by Gasteiger charge is -2.17. The highest BCUT2D eigenvalue weighted by molar-refractivity contribution is 5.80. The van der Waals surface area contributed by atoms with Gasteiger partial charge < -0.3 is 10.1 Å². The van der Waals surface area contributed by atoms with Crippen molar-refractivity contribution in [1.82, 2.24) is 5.32 Å². The third-order valence-electron chi connectivity index (χ3n) is 2.45. The van der Waals surface area contributed by atoms with Gasteiger partial charge in [-0.25, -0.2) is 4.39 Å². The Morgan fingerprint density at radius 1 is 1.31 bits per heavy atom. The molecule has 0 fully saturated rings. The number of nitrogens with one attached hydrogen (secondary N) is 1. The van der Waals surface area contributed by atoms with Gasteiger partial charge in [-0.1, -0.05) is 12.1 Å². The SMILES string of the molecule is COC(C)C(=O)N[C@H](C)c1ccc(F)cc1. The van der Waals surface area contributed by atoms with E-state index in [-0.39, 0.29) is 17.8 Å². The number of benzene rings is 1. The molecular formula is C12H16FNO2. The number of rotatable bonds is 4. The fraction of sp³-hybridized carbons (Fsp3) is 0.417. The molecule has 0 saturated carbocycles. The molecule has 0 heterocycles. The van der Waals surface area contributed by atoms with Gasteiger partial charge in [-0.05, 0) is 31.5 Å². The van der Waals surface area contributed by atoms with E-state index in [9.17, 15) is 9.18 Å². The van der Waals surface area contributed by atoms with Crippen LogP contribution in [0.1, 0.15) is 25.5 Å². The highest BCUT2D eigenvalue weighted by atomic mass is 19.1. The Kier molecular flexibility index (Phi) is 4.43. The van der Waals surface area contributed by atoms with Crippen molar-refractivity contribution < 1.29 is 13.9 Å². The number of amides is 1. The summed E-state index contributed by atoms with van der Waals surface area (Å²) in [5.74, 6) is -0.466. The molecular weight excluding hydrogens is 209 g/mol. The second-order valence-corrected chi connectivity index (χ2v) is 3.66. The van der Waals surface area contributed by atoms with Crippen molar-refractivity contribution >= 4 is 5.91 Å². The Balaban J connectivity index is 2.62. The maximum absolute atomic E-state index is 12.7. The average Bonchev–Trinajstić information content (AvgIpc) is 2.28. The maximum Gasteiger partial charge on any atom is 0.249 e. The van der Waals surface area contributed by atoms with Crippen molar-refractivity contribution in [2.75, 3.05) is 7.11 Å². The summed E-state index contributed by atoms with van der Waals surface area (Å²) in [4.78, 5) is 11.5. The van der Waals surface area contributed by atoms with Gasteiger partial charge >= 0.3 is 0 Å². The molecule has 0 aliphatic carbocycles. The van der Waals surface area contributed by atoms with Crippen LogP contribution in [-0.2, 0) is 9.53 Å². The zero-order chi connectivity index (χ0) is 12.1. The van der Waals surface area contributed by atoms with Crippen LogP contribution in [0.15, 0.2) is 24.3 Å². The van der Waals surface area contributed by atoms with Gasteiger partial charge in [0.15, 0.2) is 0 Å². The minimum absolute atomic E-state index is 0.161. The van der Waals surface area contributed by atoms with Gasteiger partial charge in [0.1, 0.15) is 11.9 Å². The third-order valence-corrected chi connectivity index (χ3v) is 2.45. The average molecular weight is 225 g/mol. The molecule has 2 atom stereocenters. The number of hydrogen-bond donors (Lipinski definition) is 1. The van der Waals surface area contributed by atoms with Crippen LogP contribution in [0.4, 0.5) is 4.39 Å². The monoisotopic (exact) mass is 225 g/mol. The molecule has 1 N–H and O–H groups in total. The van der Waals surface area contributed by atoms with Crippen molar-refractivity contribution in [1.29, 1.82) is 0 Å². The summed E-state index contributed by atoms with van der Waals surface area (Å²) in [5.41, 5.74) is 0.859. The van der Waals surface area contributed by atoms with E-state index < -0.39 is 6.10 Å². The summed E-state index contributed by atoms with van der Waals surface area (Å²) in [7, 11) is 1.48. The molecule has 0 bridgehead atoms. The molecule has 1 aromatic rings. The number of carbonyl (C=O) groups is 1. The fourth-order valence-electron chi connectivity index (χ4n) is 1.27. The Bertz CT molecular complexity index is 351. The molecule has 0 aromatic heterocycles. The van der Waals surface area contributed by atoms with Crippen LogP contribution in [-0.4, -0.2) is 19.1 Å². The topological polar surface area (TPSA) is 38.3 Å². The van der Waals surface area contributed by atoms with Gasteiger partial charge in [0, 0.05) is 7.11 Å². The Morgan fingerprint density at radius 3 is 2.38 bits per heavy atom. The lowest BCUT2D eigenvalue weighted by atomic mass is 10.1. The Labute approximate surface area is 94.6 Å². The highest BCUT2D eigenvalue weighted by Gasteiger charge is 2.15. The quantitative estimate of drug-likeness (QED) is 0.851. The van der Waals surface area contributed by atoms with E-state index in [2.05, 4.69) is 5.32 Å². The molecule has 1 unspecified atom stereocenters. The van der Waals surface area contributed by atoms with Gasteiger partial charge in [-0.2, -0.15) is 0 Å². The van der Waals surface area contributed by atoms with E-state index in [1.165, 1.54) is 19.2 Å². The second kappa shape index (κ2) is 5.61. The number of ether oxygens (including phenoxy) is 1. The van der Waals surface area contributed by atoms with Gasteiger partial charge in [0.2, 0.25) is 5.91 Å². The summed E-state index contributed by atoms with van der Waals surface area (Å²) in [6, 6.07) is 5.89. The summed E-state index contributed by atoms with van der Waals surface area (Å²) < 4.78 is 17.6. The minimum atomic E-state index is -0.483. The van der Waals surface area contributed by atoms with E-state index in [4.69, 9.17) is 4.74 Å². The maximum atomic E-state index is 12.7. The zero-order valence-corrected chi connectivity index (χ0v) is 9.66. The molecule has 1 amide bonds. The van der Waals surface area contributed by atoms with Crippen LogP contribution < -0.4 is 5.32 Å². The number of halogens is 1. The van der Waals surface area contributed by atoms with Crippen LogP contribution >= 0.6 is 0 Å². The van der Waals surface area contributed by atoms with Crippen LogP contribution in [0.25, 0.3) is 0 Å². The smallest absolute Gasteiger partial charge is 0.249 e. The Hall–Kier alpha value is -1.42. The molecule has 0 radical (unpaired) electrons. The van der Waals surface area contributed by atoms with Gasteiger partial charge in [-0.3, -0.25) is 4.79 Å². The van der Waals surface area contributed by atoms with Crippen molar-refractivity contribution in [3.8, 4) is 0 Å². The van der Waals surface area contributed by atoms with E-state index in [0.29, 0.717) is 0 Å². The Morgan fingerprint density at radius 2 is 1.88 bits per heavy atom.